The van der Waals surface area contributed by atoms with Gasteiger partial charge in [0.15, 0.2) is 4.90 Å². The van der Waals surface area contributed by atoms with Crippen molar-refractivity contribution in [3.63, 3.8) is 0 Å². The van der Waals surface area contributed by atoms with Crippen LogP contribution in [0.1, 0.15) is 20.8 Å². The highest BCUT2D eigenvalue weighted by atomic mass is 32.2. The highest BCUT2D eigenvalue weighted by Gasteiger charge is 2.27. The molecule has 5 nitrogen and oxygen atoms in total. The van der Waals surface area contributed by atoms with Gasteiger partial charge in [-0.2, -0.15) is 0 Å². The van der Waals surface area contributed by atoms with Crippen molar-refractivity contribution < 1.29 is 8.42 Å². The van der Waals surface area contributed by atoms with E-state index >= 15 is 0 Å². The second-order valence-corrected chi connectivity index (χ2v) is 7.03. The van der Waals surface area contributed by atoms with Gasteiger partial charge in [-0.3, -0.25) is 4.79 Å². The molecule has 1 aromatic heterocycles. The van der Waals surface area contributed by atoms with Crippen LogP contribution in [0.5, 0.6) is 0 Å². The Labute approximate surface area is 105 Å². The molecule has 0 aromatic carbocycles. The number of thioether (sulfide) groups is 1. The summed E-state index contributed by atoms with van der Waals surface area (Å²) in [5.41, 5.74) is -1.23. The topological polar surface area (TPSA) is 79.0 Å². The first-order valence-electron chi connectivity index (χ1n) is 4.97. The van der Waals surface area contributed by atoms with E-state index in [9.17, 15) is 13.2 Å². The SMILES string of the molecule is CSc1cc[nH]c(=O)c1S(=O)(=O)NC(C)(C)C. The fourth-order valence-electron chi connectivity index (χ4n) is 1.32. The zero-order valence-electron chi connectivity index (χ0n) is 10.2. The molecule has 17 heavy (non-hydrogen) atoms. The molecule has 2 N–H and O–H groups in total. The first-order chi connectivity index (χ1) is 7.67. The Morgan fingerprint density at radius 3 is 2.41 bits per heavy atom. The van der Waals surface area contributed by atoms with Crippen LogP contribution in [0, 0.1) is 0 Å². The summed E-state index contributed by atoms with van der Waals surface area (Å²) >= 11 is 1.22. The van der Waals surface area contributed by atoms with Gasteiger partial charge >= 0.3 is 0 Å². The zero-order valence-corrected chi connectivity index (χ0v) is 11.8. The minimum atomic E-state index is -3.81. The lowest BCUT2D eigenvalue weighted by Gasteiger charge is -2.20. The molecule has 0 bridgehead atoms. The van der Waals surface area contributed by atoms with Crippen LogP contribution < -0.4 is 10.3 Å². The molecule has 0 radical (unpaired) electrons. The molecule has 0 amide bonds. The number of hydrogen-bond acceptors (Lipinski definition) is 4. The van der Waals surface area contributed by atoms with Gasteiger partial charge in [0.05, 0.1) is 0 Å². The molecule has 0 aliphatic carbocycles. The van der Waals surface area contributed by atoms with E-state index in [1.54, 1.807) is 33.1 Å². The van der Waals surface area contributed by atoms with Crippen molar-refractivity contribution in [2.45, 2.75) is 36.1 Å². The van der Waals surface area contributed by atoms with Crippen LogP contribution in [0.3, 0.4) is 0 Å². The normalized spacial score (nSPS) is 12.7. The number of nitrogens with one attached hydrogen (secondary N) is 2. The molecule has 1 aromatic rings. The standard InChI is InChI=1S/C10H16N2O3S2/c1-10(2,3)12-17(14,15)8-7(16-4)5-6-11-9(8)13/h5-6,12H,1-4H3,(H,11,13). The van der Waals surface area contributed by atoms with E-state index < -0.39 is 21.1 Å². The Morgan fingerprint density at radius 2 is 1.94 bits per heavy atom. The van der Waals surface area contributed by atoms with Crippen LogP contribution in [0.15, 0.2) is 26.8 Å². The van der Waals surface area contributed by atoms with Gasteiger partial charge in [0.2, 0.25) is 10.0 Å². The van der Waals surface area contributed by atoms with Crippen molar-refractivity contribution in [1.82, 2.24) is 9.71 Å². The lowest BCUT2D eigenvalue weighted by Crippen LogP contribution is -2.42. The molecule has 0 atom stereocenters. The monoisotopic (exact) mass is 276 g/mol. The molecule has 0 aliphatic heterocycles. The Kier molecular flexibility index (Phi) is 4.06. The molecule has 0 aliphatic rings. The molecule has 1 rings (SSSR count). The maximum atomic E-state index is 12.1. The third kappa shape index (κ3) is 3.58. The van der Waals surface area contributed by atoms with Crippen LogP contribution in [-0.2, 0) is 10.0 Å². The molecule has 0 saturated carbocycles. The molecule has 0 saturated heterocycles. The van der Waals surface area contributed by atoms with E-state index in [0.29, 0.717) is 4.90 Å². The third-order valence-electron chi connectivity index (χ3n) is 1.81. The molecule has 0 spiro atoms. The maximum absolute atomic E-state index is 12.1. The van der Waals surface area contributed by atoms with E-state index in [1.807, 2.05) is 0 Å². The van der Waals surface area contributed by atoms with Crippen molar-refractivity contribution in [2.75, 3.05) is 6.26 Å². The van der Waals surface area contributed by atoms with Gasteiger partial charge in [-0.05, 0) is 33.1 Å². The number of sulfonamides is 1. The lowest BCUT2D eigenvalue weighted by atomic mass is 10.1. The average Bonchev–Trinajstić information content (AvgIpc) is 2.12. The summed E-state index contributed by atoms with van der Waals surface area (Å²) in [7, 11) is -3.81. The second kappa shape index (κ2) is 4.83. The van der Waals surface area contributed by atoms with Crippen molar-refractivity contribution in [3.8, 4) is 0 Å². The number of H-pyrrole nitrogens is 1. The summed E-state index contributed by atoms with van der Waals surface area (Å²) in [6, 6.07) is 1.57. The van der Waals surface area contributed by atoms with Crippen molar-refractivity contribution in [3.05, 3.63) is 22.6 Å². The van der Waals surface area contributed by atoms with Crippen LogP contribution in [0.2, 0.25) is 0 Å². The highest BCUT2D eigenvalue weighted by Crippen LogP contribution is 2.21. The van der Waals surface area contributed by atoms with Crippen molar-refractivity contribution in [1.29, 1.82) is 0 Å². The Morgan fingerprint density at radius 1 is 1.35 bits per heavy atom. The molecule has 1 heterocycles. The molecule has 0 unspecified atom stereocenters. The number of pyridine rings is 1. The number of aromatic amines is 1. The summed E-state index contributed by atoms with van der Waals surface area (Å²) in [5, 5.41) is 0. The van der Waals surface area contributed by atoms with Gasteiger partial charge in [0, 0.05) is 16.6 Å². The lowest BCUT2D eigenvalue weighted by molar-refractivity contribution is 0.489. The van der Waals surface area contributed by atoms with Gasteiger partial charge in [0.1, 0.15) is 0 Å². The molecule has 0 fully saturated rings. The number of rotatable bonds is 3. The summed E-state index contributed by atoms with van der Waals surface area (Å²) in [5.74, 6) is 0. The summed E-state index contributed by atoms with van der Waals surface area (Å²) in [6.07, 6.45) is 3.16. The molecular weight excluding hydrogens is 260 g/mol. The minimum absolute atomic E-state index is 0.220. The third-order valence-corrected chi connectivity index (χ3v) is 4.54. The molecule has 96 valence electrons. The van der Waals surface area contributed by atoms with E-state index in [4.69, 9.17) is 0 Å². The zero-order chi connectivity index (χ0) is 13.3. The first-order valence-corrected chi connectivity index (χ1v) is 7.68. The van der Waals surface area contributed by atoms with Gasteiger partial charge in [0.25, 0.3) is 5.56 Å². The highest BCUT2D eigenvalue weighted by molar-refractivity contribution is 7.99. The predicted molar refractivity (Wildman–Crippen MR) is 68.9 cm³/mol. The smallest absolute Gasteiger partial charge is 0.269 e. The predicted octanol–water partition coefficient (Wildman–Crippen LogP) is 1.17. The first kappa shape index (κ1) is 14.3. The maximum Gasteiger partial charge on any atom is 0.269 e. The van der Waals surface area contributed by atoms with E-state index in [2.05, 4.69) is 9.71 Å². The Bertz CT molecular complexity index is 556. The van der Waals surface area contributed by atoms with Gasteiger partial charge in [-0.25, -0.2) is 13.1 Å². The number of aromatic nitrogens is 1. The second-order valence-electron chi connectivity index (χ2n) is 4.56. The van der Waals surface area contributed by atoms with Gasteiger partial charge in [-0.1, -0.05) is 0 Å². The van der Waals surface area contributed by atoms with E-state index in [1.165, 1.54) is 18.0 Å². The van der Waals surface area contributed by atoms with Crippen molar-refractivity contribution >= 4 is 21.8 Å². The van der Waals surface area contributed by atoms with Gasteiger partial charge in [-0.15, -0.1) is 11.8 Å². The quantitative estimate of drug-likeness (QED) is 0.812. The number of hydrogen-bond donors (Lipinski definition) is 2. The van der Waals surface area contributed by atoms with Crippen molar-refractivity contribution in [2.24, 2.45) is 0 Å². The van der Waals surface area contributed by atoms with Crippen LogP contribution >= 0.6 is 11.8 Å². The van der Waals surface area contributed by atoms with Crippen LogP contribution in [0.25, 0.3) is 0 Å². The Hall–Kier alpha value is -0.790. The van der Waals surface area contributed by atoms with Crippen LogP contribution in [0.4, 0.5) is 0 Å². The van der Waals surface area contributed by atoms with Gasteiger partial charge < -0.3 is 4.98 Å². The van der Waals surface area contributed by atoms with E-state index in [-0.39, 0.29) is 4.90 Å². The summed E-state index contributed by atoms with van der Waals surface area (Å²) in [4.78, 5) is 14.2. The van der Waals surface area contributed by atoms with E-state index in [0.717, 1.165) is 0 Å². The largest absolute Gasteiger partial charge is 0.328 e. The average molecular weight is 276 g/mol. The fourth-order valence-corrected chi connectivity index (χ4v) is 3.92. The fraction of sp³-hybridized carbons (Fsp3) is 0.500. The molecule has 7 heteroatoms. The summed E-state index contributed by atoms with van der Waals surface area (Å²) in [6.45, 7) is 5.17. The van der Waals surface area contributed by atoms with Crippen LogP contribution in [-0.4, -0.2) is 25.2 Å². The molecular formula is C10H16N2O3S2. The Balaban J connectivity index is 3.39. The minimum Gasteiger partial charge on any atom is -0.328 e. The summed E-state index contributed by atoms with van der Waals surface area (Å²) < 4.78 is 26.7.